The van der Waals surface area contributed by atoms with E-state index in [9.17, 15) is 13.2 Å². The van der Waals surface area contributed by atoms with E-state index in [1.54, 1.807) is 12.1 Å². The van der Waals surface area contributed by atoms with Crippen LogP contribution in [0.1, 0.15) is 12.8 Å². The third kappa shape index (κ3) is 5.32. The molecule has 1 heterocycles. The molecule has 0 saturated carbocycles. The largest absolute Gasteiger partial charge is 0.446 e. The average Bonchev–Trinajstić information content (AvgIpc) is 2.37. The van der Waals surface area contributed by atoms with Gasteiger partial charge in [-0.25, -0.2) is 0 Å². The lowest BCUT2D eigenvalue weighted by Crippen LogP contribution is -2.31. The zero-order valence-electron chi connectivity index (χ0n) is 10.5. The average molecular weight is 290 g/mol. The normalized spacial score (nSPS) is 17.4. The first kappa shape index (κ1) is 14.5. The Morgan fingerprint density at radius 3 is 2.37 bits per heavy atom. The molecule has 1 saturated heterocycles. The van der Waals surface area contributed by atoms with E-state index in [-0.39, 0.29) is 16.7 Å². The fraction of sp³-hybridized carbons (Fsp3) is 0.538. The molecule has 1 fully saturated rings. The van der Waals surface area contributed by atoms with Crippen molar-refractivity contribution in [3.63, 3.8) is 0 Å². The summed E-state index contributed by atoms with van der Waals surface area (Å²) >= 11 is -0.0804. The van der Waals surface area contributed by atoms with Crippen molar-refractivity contribution in [1.82, 2.24) is 5.32 Å². The van der Waals surface area contributed by atoms with E-state index < -0.39 is 5.51 Å². The zero-order valence-corrected chi connectivity index (χ0v) is 11.3. The van der Waals surface area contributed by atoms with Gasteiger partial charge in [-0.05, 0) is 67.9 Å². The molecule has 0 radical (unpaired) electrons. The Kier molecular flexibility index (Phi) is 4.99. The SMILES string of the molecule is FC(F)(F)Sc1ccc(NCC2CCNCC2)cc1. The van der Waals surface area contributed by atoms with Crippen LogP contribution >= 0.6 is 11.8 Å². The fourth-order valence-electron chi connectivity index (χ4n) is 2.12. The van der Waals surface area contributed by atoms with Crippen molar-refractivity contribution in [3.05, 3.63) is 24.3 Å². The Hall–Kier alpha value is -0.880. The number of anilines is 1. The number of halogens is 3. The van der Waals surface area contributed by atoms with Crippen LogP contribution in [0.3, 0.4) is 0 Å². The van der Waals surface area contributed by atoms with Crippen LogP contribution in [0.4, 0.5) is 18.9 Å². The second kappa shape index (κ2) is 6.52. The standard InChI is InChI=1S/C13H17F3N2S/c14-13(15,16)19-12-3-1-11(2-4-12)18-9-10-5-7-17-8-6-10/h1-4,10,17-18H,5-9H2. The Bertz CT molecular complexity index is 386. The summed E-state index contributed by atoms with van der Waals surface area (Å²) in [5, 5.41) is 6.59. The molecule has 6 heteroatoms. The molecule has 0 amide bonds. The van der Waals surface area contributed by atoms with Crippen LogP contribution in [-0.4, -0.2) is 25.1 Å². The first-order valence-electron chi connectivity index (χ1n) is 6.33. The fourth-order valence-corrected chi connectivity index (χ4v) is 2.66. The number of hydrogen-bond donors (Lipinski definition) is 2. The summed E-state index contributed by atoms with van der Waals surface area (Å²) in [4.78, 5) is 0.222. The van der Waals surface area contributed by atoms with Gasteiger partial charge in [-0.3, -0.25) is 0 Å². The summed E-state index contributed by atoms with van der Waals surface area (Å²) in [6.45, 7) is 2.98. The van der Waals surface area contributed by atoms with Gasteiger partial charge in [0.05, 0.1) is 0 Å². The highest BCUT2D eigenvalue weighted by molar-refractivity contribution is 8.00. The zero-order chi connectivity index (χ0) is 13.7. The second-order valence-electron chi connectivity index (χ2n) is 4.65. The minimum absolute atomic E-state index is 0.0804. The predicted molar refractivity (Wildman–Crippen MR) is 72.4 cm³/mol. The molecule has 0 bridgehead atoms. The van der Waals surface area contributed by atoms with Crippen LogP contribution in [-0.2, 0) is 0 Å². The van der Waals surface area contributed by atoms with Crippen LogP contribution in [0.15, 0.2) is 29.2 Å². The third-order valence-electron chi connectivity index (χ3n) is 3.14. The number of rotatable bonds is 4. The maximum atomic E-state index is 12.2. The molecular formula is C13H17F3N2S. The minimum atomic E-state index is -4.22. The summed E-state index contributed by atoms with van der Waals surface area (Å²) in [6, 6.07) is 6.41. The van der Waals surface area contributed by atoms with Gasteiger partial charge in [0.25, 0.3) is 0 Å². The molecule has 0 aromatic heterocycles. The molecule has 1 aromatic rings. The first-order valence-corrected chi connectivity index (χ1v) is 7.15. The van der Waals surface area contributed by atoms with E-state index in [1.165, 1.54) is 12.1 Å². The summed E-state index contributed by atoms with van der Waals surface area (Å²) < 4.78 is 36.5. The van der Waals surface area contributed by atoms with Crippen molar-refractivity contribution in [2.75, 3.05) is 25.0 Å². The number of hydrogen-bond acceptors (Lipinski definition) is 3. The Balaban J connectivity index is 1.81. The maximum Gasteiger partial charge on any atom is 0.446 e. The first-order chi connectivity index (χ1) is 9.03. The van der Waals surface area contributed by atoms with Gasteiger partial charge in [0.15, 0.2) is 0 Å². The smallest absolute Gasteiger partial charge is 0.385 e. The number of benzene rings is 1. The molecule has 19 heavy (non-hydrogen) atoms. The summed E-state index contributed by atoms with van der Waals surface area (Å²) in [5.74, 6) is 0.644. The van der Waals surface area contributed by atoms with E-state index >= 15 is 0 Å². The van der Waals surface area contributed by atoms with Gasteiger partial charge in [0.1, 0.15) is 0 Å². The third-order valence-corrected chi connectivity index (χ3v) is 3.88. The number of thioether (sulfide) groups is 1. The van der Waals surface area contributed by atoms with E-state index in [4.69, 9.17) is 0 Å². The maximum absolute atomic E-state index is 12.2. The lowest BCUT2D eigenvalue weighted by molar-refractivity contribution is -0.0328. The van der Waals surface area contributed by atoms with Gasteiger partial charge in [0.2, 0.25) is 0 Å². The van der Waals surface area contributed by atoms with Gasteiger partial charge >= 0.3 is 5.51 Å². The molecule has 1 aromatic carbocycles. The lowest BCUT2D eigenvalue weighted by Gasteiger charge is -2.23. The molecule has 2 N–H and O–H groups in total. The number of piperidine rings is 1. The van der Waals surface area contributed by atoms with Crippen molar-refractivity contribution in [3.8, 4) is 0 Å². The molecule has 2 rings (SSSR count). The molecule has 1 aliphatic heterocycles. The predicted octanol–water partition coefficient (Wildman–Crippen LogP) is 3.71. The molecular weight excluding hydrogens is 273 g/mol. The van der Waals surface area contributed by atoms with E-state index in [1.807, 2.05) is 0 Å². The highest BCUT2D eigenvalue weighted by Gasteiger charge is 2.28. The second-order valence-corrected chi connectivity index (χ2v) is 5.78. The van der Waals surface area contributed by atoms with Crippen LogP contribution < -0.4 is 10.6 Å². The van der Waals surface area contributed by atoms with Crippen molar-refractivity contribution < 1.29 is 13.2 Å². The molecule has 1 aliphatic rings. The topological polar surface area (TPSA) is 24.1 Å². The van der Waals surface area contributed by atoms with E-state index in [2.05, 4.69) is 10.6 Å². The molecule has 0 unspecified atom stereocenters. The van der Waals surface area contributed by atoms with Gasteiger partial charge < -0.3 is 10.6 Å². The highest BCUT2D eigenvalue weighted by atomic mass is 32.2. The summed E-state index contributed by atoms with van der Waals surface area (Å²) in [7, 11) is 0. The highest BCUT2D eigenvalue weighted by Crippen LogP contribution is 2.37. The van der Waals surface area contributed by atoms with Gasteiger partial charge in [-0.1, -0.05) is 0 Å². The lowest BCUT2D eigenvalue weighted by atomic mass is 9.98. The number of alkyl halides is 3. The Morgan fingerprint density at radius 2 is 1.79 bits per heavy atom. The molecule has 0 aliphatic carbocycles. The Labute approximate surface area is 115 Å². The van der Waals surface area contributed by atoms with Gasteiger partial charge in [0, 0.05) is 17.1 Å². The molecule has 106 valence electrons. The van der Waals surface area contributed by atoms with Crippen molar-refractivity contribution in [2.45, 2.75) is 23.2 Å². The summed E-state index contributed by atoms with van der Waals surface area (Å²) in [5.41, 5.74) is -3.34. The van der Waals surface area contributed by atoms with Crippen molar-refractivity contribution in [2.24, 2.45) is 5.92 Å². The van der Waals surface area contributed by atoms with E-state index in [0.717, 1.165) is 38.2 Å². The van der Waals surface area contributed by atoms with Crippen molar-refractivity contribution >= 4 is 17.4 Å². The Morgan fingerprint density at radius 1 is 1.16 bits per heavy atom. The summed E-state index contributed by atoms with van der Waals surface area (Å²) in [6.07, 6.45) is 2.30. The van der Waals surface area contributed by atoms with Crippen LogP contribution in [0, 0.1) is 5.92 Å². The minimum Gasteiger partial charge on any atom is -0.385 e. The monoisotopic (exact) mass is 290 g/mol. The van der Waals surface area contributed by atoms with Crippen LogP contribution in [0.5, 0.6) is 0 Å². The van der Waals surface area contributed by atoms with E-state index in [0.29, 0.717) is 5.92 Å². The van der Waals surface area contributed by atoms with Gasteiger partial charge in [-0.2, -0.15) is 13.2 Å². The number of nitrogens with one attached hydrogen (secondary N) is 2. The van der Waals surface area contributed by atoms with Crippen LogP contribution in [0.25, 0.3) is 0 Å². The van der Waals surface area contributed by atoms with Crippen molar-refractivity contribution in [1.29, 1.82) is 0 Å². The van der Waals surface area contributed by atoms with Crippen LogP contribution in [0.2, 0.25) is 0 Å². The quantitative estimate of drug-likeness (QED) is 0.827. The van der Waals surface area contributed by atoms with Gasteiger partial charge in [-0.15, -0.1) is 0 Å². The molecule has 0 spiro atoms. The molecule has 2 nitrogen and oxygen atoms in total. The molecule has 0 atom stereocenters.